The Kier molecular flexibility index (Phi) is 11.4. The standard InChI is InChI=1S/C46H54N4O3S2Si2/c1-56(2,43-27-39-37(13-7-15-41(39)54-43)45(51)49-21-17-33(18-22-49)35-11-5-9-31(25-35)29-47)53-57(3,4)44-28-40-38(14-8-16-42(40)55-44)46(52)50-23-19-34(20-24-50)36-12-6-10-32(26-36)30-48/h5-16,25-28,33-34H,17-24,29-30,47-48H2,1-4H3. The Morgan fingerprint density at radius 2 is 0.982 bits per heavy atom. The smallest absolute Gasteiger partial charge is 0.254 e. The van der Waals surface area contributed by atoms with Gasteiger partial charge in [-0.15, -0.1) is 22.7 Å². The predicted octanol–water partition coefficient (Wildman–Crippen LogP) is 8.61. The first-order chi connectivity index (χ1) is 27.4. The number of nitrogens with zero attached hydrogens (tertiary/aromatic N) is 2. The van der Waals surface area contributed by atoms with Crippen molar-refractivity contribution < 1.29 is 13.7 Å². The second kappa shape index (κ2) is 16.4. The quantitative estimate of drug-likeness (QED) is 0.135. The number of carbonyl (C=O) groups excluding carboxylic acids is 2. The molecule has 2 aliphatic heterocycles. The summed E-state index contributed by atoms with van der Waals surface area (Å²) in [7, 11) is -4.83. The van der Waals surface area contributed by atoms with Gasteiger partial charge in [0.05, 0.1) is 0 Å². The summed E-state index contributed by atoms with van der Waals surface area (Å²) in [4.78, 5) is 32.2. The summed E-state index contributed by atoms with van der Waals surface area (Å²) in [6.45, 7) is 13.2. The van der Waals surface area contributed by atoms with E-state index in [9.17, 15) is 9.59 Å². The molecular weight excluding hydrogens is 777 g/mol. The van der Waals surface area contributed by atoms with Crippen LogP contribution in [0.3, 0.4) is 0 Å². The molecule has 0 spiro atoms. The van der Waals surface area contributed by atoms with Gasteiger partial charge in [-0.05, 0) is 122 Å². The van der Waals surface area contributed by atoms with Gasteiger partial charge in [0, 0.05) is 79.6 Å². The van der Waals surface area contributed by atoms with E-state index in [-0.39, 0.29) is 11.8 Å². The SMILES string of the molecule is C[Si](C)(O[Si](C)(C)c1cc2c(C(=O)N3CCC(c4cccc(CN)c4)CC3)cccc2s1)c1cc2c(C(=O)N3CCC(c4cccc(CN)c4)CC3)cccc2s1. The molecule has 4 N–H and O–H groups in total. The van der Waals surface area contributed by atoms with Crippen LogP contribution in [0, 0.1) is 0 Å². The Morgan fingerprint density at radius 1 is 0.596 bits per heavy atom. The fourth-order valence-electron chi connectivity index (χ4n) is 8.95. The van der Waals surface area contributed by atoms with Gasteiger partial charge in [-0.25, -0.2) is 0 Å². The summed E-state index contributed by atoms with van der Waals surface area (Å²) in [6, 6.07) is 34.0. The fraction of sp³-hybridized carbons (Fsp3) is 0.348. The third-order valence-electron chi connectivity index (χ3n) is 12.2. The molecule has 0 bridgehead atoms. The van der Waals surface area contributed by atoms with Crippen LogP contribution in [0.4, 0.5) is 0 Å². The highest BCUT2D eigenvalue weighted by Gasteiger charge is 2.39. The van der Waals surface area contributed by atoms with Crippen molar-refractivity contribution in [2.75, 3.05) is 26.2 Å². The zero-order valence-electron chi connectivity index (χ0n) is 33.6. The molecule has 11 heteroatoms. The maximum atomic E-state index is 14.1. The Hall–Kier alpha value is -3.95. The number of piperidine rings is 2. The van der Waals surface area contributed by atoms with Crippen LogP contribution in [0.1, 0.15) is 80.5 Å². The van der Waals surface area contributed by atoms with Crippen molar-refractivity contribution in [1.29, 1.82) is 0 Å². The monoisotopic (exact) mass is 830 g/mol. The van der Waals surface area contributed by atoms with E-state index in [1.165, 1.54) is 20.1 Å². The number of nitrogens with two attached hydrogens (primary N) is 2. The molecule has 2 saturated heterocycles. The topological polar surface area (TPSA) is 102 Å². The second-order valence-corrected chi connectivity index (χ2v) is 27.6. The van der Waals surface area contributed by atoms with Crippen molar-refractivity contribution >= 4 is 80.3 Å². The Balaban J connectivity index is 0.959. The second-order valence-electron chi connectivity index (χ2n) is 16.8. The van der Waals surface area contributed by atoms with Crippen LogP contribution < -0.4 is 20.5 Å². The van der Waals surface area contributed by atoms with Crippen LogP contribution in [0.15, 0.2) is 97.1 Å². The van der Waals surface area contributed by atoms with Crippen molar-refractivity contribution in [3.8, 4) is 0 Å². The molecular formula is C46H54N4O3S2Si2. The molecule has 7 nitrogen and oxygen atoms in total. The van der Waals surface area contributed by atoms with Crippen molar-refractivity contribution in [3.05, 3.63) is 130 Å². The van der Waals surface area contributed by atoms with E-state index in [2.05, 4.69) is 99.0 Å². The van der Waals surface area contributed by atoms with Gasteiger partial charge in [0.1, 0.15) is 0 Å². The van der Waals surface area contributed by atoms with E-state index in [0.717, 1.165) is 94.3 Å². The Morgan fingerprint density at radius 3 is 1.37 bits per heavy atom. The van der Waals surface area contributed by atoms with Crippen LogP contribution in [-0.4, -0.2) is 64.4 Å². The van der Waals surface area contributed by atoms with Crippen molar-refractivity contribution in [2.45, 2.75) is 76.8 Å². The lowest BCUT2D eigenvalue weighted by Gasteiger charge is -2.33. The highest BCUT2D eigenvalue weighted by atomic mass is 32.1. The van der Waals surface area contributed by atoms with Crippen molar-refractivity contribution in [3.63, 3.8) is 0 Å². The molecule has 0 radical (unpaired) electrons. The maximum Gasteiger partial charge on any atom is 0.254 e. The van der Waals surface area contributed by atoms with Gasteiger partial charge < -0.3 is 25.4 Å². The molecule has 0 atom stereocenters. The van der Waals surface area contributed by atoms with E-state index in [0.29, 0.717) is 24.9 Å². The minimum atomic E-state index is -2.41. The van der Waals surface area contributed by atoms with E-state index in [1.807, 2.05) is 34.1 Å². The van der Waals surface area contributed by atoms with Gasteiger partial charge in [0.2, 0.25) is 16.6 Å². The first-order valence-electron chi connectivity index (χ1n) is 20.4. The summed E-state index contributed by atoms with van der Waals surface area (Å²) in [5.41, 5.74) is 18.4. The van der Waals surface area contributed by atoms with Gasteiger partial charge in [-0.3, -0.25) is 9.59 Å². The van der Waals surface area contributed by atoms with E-state index in [1.54, 1.807) is 22.7 Å². The Bertz CT molecular complexity index is 2260. The highest BCUT2D eigenvalue weighted by Crippen LogP contribution is 2.34. The largest absolute Gasteiger partial charge is 0.448 e. The molecule has 2 amide bonds. The number of amides is 2. The Labute approximate surface area is 346 Å². The molecule has 6 aromatic rings. The van der Waals surface area contributed by atoms with Gasteiger partial charge in [-0.1, -0.05) is 60.7 Å². The van der Waals surface area contributed by atoms with Gasteiger partial charge >= 0.3 is 0 Å². The molecule has 2 fully saturated rings. The predicted molar refractivity (Wildman–Crippen MR) is 243 cm³/mol. The summed E-state index contributed by atoms with van der Waals surface area (Å²) >= 11 is 3.55. The number of carbonyl (C=O) groups is 2. The van der Waals surface area contributed by atoms with Crippen LogP contribution in [0.2, 0.25) is 26.2 Å². The molecule has 2 aliphatic rings. The average molecular weight is 831 g/mol. The lowest BCUT2D eigenvalue weighted by molar-refractivity contribution is 0.0707. The van der Waals surface area contributed by atoms with Crippen LogP contribution in [0.25, 0.3) is 20.2 Å². The van der Waals surface area contributed by atoms with Crippen molar-refractivity contribution in [1.82, 2.24) is 9.80 Å². The summed E-state index contributed by atoms with van der Waals surface area (Å²) in [6.07, 6.45) is 3.82. The molecule has 0 unspecified atom stereocenters. The number of hydrogen-bond donors (Lipinski definition) is 2. The maximum absolute atomic E-state index is 14.1. The zero-order valence-corrected chi connectivity index (χ0v) is 37.2. The van der Waals surface area contributed by atoms with Crippen LogP contribution in [0.5, 0.6) is 0 Å². The van der Waals surface area contributed by atoms with Crippen molar-refractivity contribution in [2.24, 2.45) is 11.5 Å². The molecule has 0 saturated carbocycles. The number of rotatable bonds is 10. The summed E-state index contributed by atoms with van der Waals surface area (Å²) in [5, 5.41) is 2.06. The molecule has 0 aliphatic carbocycles. The lowest BCUT2D eigenvalue weighted by atomic mass is 9.88. The third-order valence-corrected chi connectivity index (χ3v) is 24.3. The molecule has 2 aromatic heterocycles. The minimum absolute atomic E-state index is 0.117. The summed E-state index contributed by atoms with van der Waals surface area (Å²) < 4.78 is 12.1. The lowest BCUT2D eigenvalue weighted by Crippen LogP contribution is -2.56. The molecule has 4 aromatic carbocycles. The molecule has 57 heavy (non-hydrogen) atoms. The third kappa shape index (κ3) is 8.21. The number of fused-ring (bicyclic) bond motifs is 2. The van der Waals surface area contributed by atoms with Gasteiger partial charge in [0.25, 0.3) is 11.8 Å². The average Bonchev–Trinajstić information content (AvgIpc) is 3.90. The summed E-state index contributed by atoms with van der Waals surface area (Å²) in [5.74, 6) is 1.13. The van der Waals surface area contributed by atoms with Crippen LogP contribution in [-0.2, 0) is 17.2 Å². The van der Waals surface area contributed by atoms with E-state index in [4.69, 9.17) is 15.6 Å². The normalized spacial score (nSPS) is 16.2. The van der Waals surface area contributed by atoms with E-state index >= 15 is 0 Å². The molecule has 296 valence electrons. The van der Waals surface area contributed by atoms with Gasteiger partial charge in [-0.2, -0.15) is 0 Å². The molecule has 8 rings (SSSR count). The van der Waals surface area contributed by atoms with Crippen LogP contribution >= 0.6 is 22.7 Å². The highest BCUT2D eigenvalue weighted by molar-refractivity contribution is 7.33. The fourth-order valence-corrected chi connectivity index (χ4v) is 20.9. The van der Waals surface area contributed by atoms with Gasteiger partial charge in [0.15, 0.2) is 0 Å². The number of thiophene rings is 2. The number of likely N-dealkylation sites (tertiary alicyclic amines) is 2. The first kappa shape index (κ1) is 39.9. The minimum Gasteiger partial charge on any atom is -0.448 e. The number of hydrogen-bond acceptors (Lipinski definition) is 7. The zero-order chi connectivity index (χ0) is 39.9. The molecule has 4 heterocycles. The number of benzene rings is 4. The first-order valence-corrected chi connectivity index (χ1v) is 27.8. The van der Waals surface area contributed by atoms with E-state index < -0.39 is 16.6 Å².